The zero-order valence-electron chi connectivity index (χ0n) is 19.0. The zero-order chi connectivity index (χ0) is 24.7. The molecule has 0 bridgehead atoms. The van der Waals surface area contributed by atoms with Gasteiger partial charge >= 0.3 is 0 Å². The van der Waals surface area contributed by atoms with Crippen molar-refractivity contribution in [1.82, 2.24) is 19.8 Å². The second kappa shape index (κ2) is 11.2. The molecule has 1 aliphatic carbocycles. The van der Waals surface area contributed by atoms with Crippen LogP contribution in [-0.4, -0.2) is 36.1 Å². The lowest BCUT2D eigenvalue weighted by Gasteiger charge is -2.11. The molecule has 2 heterocycles. The van der Waals surface area contributed by atoms with E-state index in [0.29, 0.717) is 17.0 Å². The molecule has 2 amide bonds. The summed E-state index contributed by atoms with van der Waals surface area (Å²) in [5.74, 6) is 0.0354. The number of hydrogen-bond acceptors (Lipinski definition) is 6. The Morgan fingerprint density at radius 2 is 1.91 bits per heavy atom. The number of amides is 2. The van der Waals surface area contributed by atoms with E-state index in [9.17, 15) is 18.0 Å². The molecule has 184 valence electrons. The van der Waals surface area contributed by atoms with E-state index in [2.05, 4.69) is 20.5 Å². The highest BCUT2D eigenvalue weighted by Gasteiger charge is 2.17. The van der Waals surface area contributed by atoms with Crippen molar-refractivity contribution in [2.24, 2.45) is 0 Å². The minimum atomic E-state index is -3.69. The van der Waals surface area contributed by atoms with Gasteiger partial charge < -0.3 is 15.1 Å². The average molecular weight is 498 g/mol. The molecule has 11 heteroatoms. The van der Waals surface area contributed by atoms with Crippen LogP contribution in [0.2, 0.25) is 0 Å². The summed E-state index contributed by atoms with van der Waals surface area (Å²) in [4.78, 5) is 24.5. The minimum Gasteiger partial charge on any atom is -0.468 e. The van der Waals surface area contributed by atoms with Gasteiger partial charge in [-0.1, -0.05) is 25.0 Å². The van der Waals surface area contributed by atoms with E-state index in [1.54, 1.807) is 36.5 Å². The van der Waals surface area contributed by atoms with Crippen LogP contribution in [0.3, 0.4) is 0 Å². The number of hydrogen-bond donors (Lipinski definition) is 3. The molecule has 0 unspecified atom stereocenters. The van der Waals surface area contributed by atoms with Gasteiger partial charge in [0.2, 0.25) is 21.8 Å². The highest BCUT2D eigenvalue weighted by Crippen LogP contribution is 2.17. The van der Waals surface area contributed by atoms with Crippen LogP contribution < -0.4 is 15.4 Å². The number of carbonyl (C=O) groups is 2. The number of aromatic nitrogens is 2. The van der Waals surface area contributed by atoms with Gasteiger partial charge in [0.15, 0.2) is 0 Å². The maximum absolute atomic E-state index is 12.4. The topological polar surface area (TPSA) is 135 Å². The van der Waals surface area contributed by atoms with Crippen molar-refractivity contribution in [2.45, 2.75) is 49.7 Å². The van der Waals surface area contributed by atoms with Crippen molar-refractivity contribution in [2.75, 3.05) is 5.32 Å². The smallest absolute Gasteiger partial charge is 0.248 e. The molecule has 35 heavy (non-hydrogen) atoms. The van der Waals surface area contributed by atoms with E-state index >= 15 is 0 Å². The van der Waals surface area contributed by atoms with Crippen LogP contribution in [0.15, 0.2) is 70.4 Å². The summed E-state index contributed by atoms with van der Waals surface area (Å²) in [6, 6.07) is 9.74. The fourth-order valence-electron chi connectivity index (χ4n) is 3.78. The molecule has 0 saturated heterocycles. The second-order valence-electron chi connectivity index (χ2n) is 8.27. The third kappa shape index (κ3) is 7.14. The molecular formula is C24H27N5O5S. The number of nitrogens with zero attached hydrogens (tertiary/aromatic N) is 2. The van der Waals surface area contributed by atoms with Crippen LogP contribution in [0.4, 0.5) is 5.69 Å². The molecule has 1 aromatic carbocycles. The quantitative estimate of drug-likeness (QED) is 0.369. The highest BCUT2D eigenvalue weighted by molar-refractivity contribution is 7.89. The standard InChI is InChI=1S/C24H27N5O5S/c30-23(28-20-14-25-29(16-20)17-24(31)27-19-4-1-2-5-19)12-9-18-7-10-22(11-8-18)35(32,33)26-15-21-6-3-13-34-21/h3,6-14,16,19,26H,1-2,4-5,15,17H2,(H,27,31)(H,28,30)/b12-9+. The van der Waals surface area contributed by atoms with Gasteiger partial charge in [-0.05, 0) is 48.7 Å². The van der Waals surface area contributed by atoms with Crippen LogP contribution in [0.25, 0.3) is 6.08 Å². The van der Waals surface area contributed by atoms with Crippen molar-refractivity contribution in [1.29, 1.82) is 0 Å². The Bertz CT molecular complexity index is 1270. The molecule has 4 rings (SSSR count). The number of furan rings is 1. The van der Waals surface area contributed by atoms with E-state index in [-0.39, 0.29) is 35.8 Å². The van der Waals surface area contributed by atoms with Gasteiger partial charge in [0.05, 0.1) is 29.6 Å². The monoisotopic (exact) mass is 497 g/mol. The summed E-state index contributed by atoms with van der Waals surface area (Å²) in [5.41, 5.74) is 1.13. The molecule has 1 aliphatic rings. The Kier molecular flexibility index (Phi) is 7.78. The van der Waals surface area contributed by atoms with Gasteiger partial charge in [0.1, 0.15) is 12.3 Å². The number of carbonyl (C=O) groups excluding carboxylic acids is 2. The normalized spacial score (nSPS) is 14.4. The molecule has 3 N–H and O–H groups in total. The van der Waals surface area contributed by atoms with Gasteiger partial charge in [-0.15, -0.1) is 0 Å². The summed E-state index contributed by atoms with van der Waals surface area (Å²) >= 11 is 0. The van der Waals surface area contributed by atoms with Crippen LogP contribution in [0, 0.1) is 0 Å². The number of rotatable bonds is 10. The lowest BCUT2D eigenvalue weighted by Crippen LogP contribution is -2.35. The molecule has 0 atom stereocenters. The molecule has 0 spiro atoms. The highest BCUT2D eigenvalue weighted by atomic mass is 32.2. The fourth-order valence-corrected chi connectivity index (χ4v) is 4.78. The van der Waals surface area contributed by atoms with Crippen molar-refractivity contribution in [3.63, 3.8) is 0 Å². The molecular weight excluding hydrogens is 470 g/mol. The Labute approximate surface area is 203 Å². The average Bonchev–Trinajstić information content (AvgIpc) is 3.61. The van der Waals surface area contributed by atoms with E-state index in [1.807, 2.05) is 0 Å². The van der Waals surface area contributed by atoms with Crippen LogP contribution in [0.5, 0.6) is 0 Å². The molecule has 10 nitrogen and oxygen atoms in total. The minimum absolute atomic E-state index is 0.0545. The van der Waals surface area contributed by atoms with E-state index in [0.717, 1.165) is 25.7 Å². The van der Waals surface area contributed by atoms with Gasteiger partial charge in [0, 0.05) is 18.3 Å². The zero-order valence-corrected chi connectivity index (χ0v) is 19.8. The number of nitrogens with one attached hydrogen (secondary N) is 3. The van der Waals surface area contributed by atoms with Gasteiger partial charge in [-0.3, -0.25) is 14.3 Å². The third-order valence-corrected chi connectivity index (χ3v) is 6.98. The molecule has 2 aromatic heterocycles. The SMILES string of the molecule is O=C(/C=C/c1ccc(S(=O)(=O)NCc2ccco2)cc1)Nc1cnn(CC(=O)NC2CCCC2)c1. The predicted octanol–water partition coefficient (Wildman–Crippen LogP) is 2.67. The Morgan fingerprint density at radius 3 is 2.63 bits per heavy atom. The maximum Gasteiger partial charge on any atom is 0.248 e. The Hall–Kier alpha value is -3.70. The first-order valence-electron chi connectivity index (χ1n) is 11.3. The summed E-state index contributed by atoms with van der Waals surface area (Å²) in [6.07, 6.45) is 11.8. The van der Waals surface area contributed by atoms with Gasteiger partial charge in [0.25, 0.3) is 0 Å². The fraction of sp³-hybridized carbons (Fsp3) is 0.292. The third-order valence-electron chi connectivity index (χ3n) is 5.56. The van der Waals surface area contributed by atoms with E-state index < -0.39 is 10.0 Å². The molecule has 1 saturated carbocycles. The Morgan fingerprint density at radius 1 is 1.14 bits per heavy atom. The first-order chi connectivity index (χ1) is 16.9. The van der Waals surface area contributed by atoms with E-state index in [1.165, 1.54) is 35.4 Å². The summed E-state index contributed by atoms with van der Waals surface area (Å²) < 4.78 is 33.9. The van der Waals surface area contributed by atoms with Crippen molar-refractivity contribution in [3.05, 3.63) is 72.5 Å². The van der Waals surface area contributed by atoms with Crippen LogP contribution in [0.1, 0.15) is 37.0 Å². The summed E-state index contributed by atoms with van der Waals surface area (Å²) in [6.45, 7) is 0.146. The largest absolute Gasteiger partial charge is 0.468 e. The van der Waals surface area contributed by atoms with Crippen molar-refractivity contribution < 1.29 is 22.4 Å². The number of anilines is 1. The number of sulfonamides is 1. The van der Waals surface area contributed by atoms with Crippen molar-refractivity contribution in [3.8, 4) is 0 Å². The molecule has 1 fully saturated rings. The summed E-state index contributed by atoms with van der Waals surface area (Å²) in [5, 5.41) is 9.80. The lowest BCUT2D eigenvalue weighted by molar-refractivity contribution is -0.122. The second-order valence-corrected chi connectivity index (χ2v) is 10.0. The molecule has 0 aliphatic heterocycles. The lowest BCUT2D eigenvalue weighted by atomic mass is 10.2. The van der Waals surface area contributed by atoms with Gasteiger partial charge in [-0.2, -0.15) is 5.10 Å². The number of benzene rings is 1. The van der Waals surface area contributed by atoms with E-state index in [4.69, 9.17) is 4.42 Å². The van der Waals surface area contributed by atoms with Crippen LogP contribution in [-0.2, 0) is 32.7 Å². The Balaban J connectivity index is 1.26. The van der Waals surface area contributed by atoms with Gasteiger partial charge in [-0.25, -0.2) is 13.1 Å². The molecule has 3 aromatic rings. The first kappa shape index (κ1) is 24.4. The van der Waals surface area contributed by atoms with Crippen molar-refractivity contribution >= 4 is 33.6 Å². The maximum atomic E-state index is 12.4. The predicted molar refractivity (Wildman–Crippen MR) is 129 cm³/mol. The first-order valence-corrected chi connectivity index (χ1v) is 12.8. The summed E-state index contributed by atoms with van der Waals surface area (Å²) in [7, 11) is -3.69. The molecule has 0 radical (unpaired) electrons. The van der Waals surface area contributed by atoms with Crippen LogP contribution >= 0.6 is 0 Å².